The van der Waals surface area contributed by atoms with Crippen molar-refractivity contribution in [2.24, 2.45) is 0 Å². The molecule has 104 valence electrons. The summed E-state index contributed by atoms with van der Waals surface area (Å²) in [5.41, 5.74) is 0.624. The van der Waals surface area contributed by atoms with Crippen molar-refractivity contribution in [3.8, 4) is 17.2 Å². The zero-order valence-corrected chi connectivity index (χ0v) is 11.6. The number of rotatable bonds is 4. The summed E-state index contributed by atoms with van der Waals surface area (Å²) in [6, 6.07) is 9.79. The molecule has 0 aliphatic rings. The molecule has 2 aromatic carbocycles. The summed E-state index contributed by atoms with van der Waals surface area (Å²) in [6.45, 7) is 2.99. The Balaban J connectivity index is 2.47. The lowest BCUT2D eigenvalue weighted by molar-refractivity contribution is 0.101. The van der Waals surface area contributed by atoms with Crippen LogP contribution >= 0.6 is 0 Å². The standard InChI is InChI=1S/C16H15FO3/c1-10-8-16(12(11(2)18)9-13(10)17)20-15-7-5-4-6-14(15)19-3/h4-9H,1-3H3. The molecule has 0 radical (unpaired) electrons. The third kappa shape index (κ3) is 2.79. The van der Waals surface area contributed by atoms with E-state index < -0.39 is 5.82 Å². The maximum atomic E-state index is 13.6. The van der Waals surface area contributed by atoms with Crippen molar-refractivity contribution in [3.63, 3.8) is 0 Å². The van der Waals surface area contributed by atoms with Crippen LogP contribution in [-0.2, 0) is 0 Å². The van der Waals surface area contributed by atoms with Crippen LogP contribution in [0.4, 0.5) is 4.39 Å². The predicted octanol–water partition coefficient (Wildman–Crippen LogP) is 4.14. The Kier molecular flexibility index (Phi) is 4.03. The van der Waals surface area contributed by atoms with Gasteiger partial charge < -0.3 is 9.47 Å². The summed E-state index contributed by atoms with van der Waals surface area (Å²) in [6.07, 6.45) is 0. The molecule has 3 nitrogen and oxygen atoms in total. The number of halogens is 1. The van der Waals surface area contributed by atoms with Crippen LogP contribution in [0.3, 0.4) is 0 Å². The third-order valence-corrected chi connectivity index (χ3v) is 2.93. The molecule has 0 bridgehead atoms. The number of ether oxygens (including phenoxy) is 2. The van der Waals surface area contributed by atoms with E-state index in [-0.39, 0.29) is 11.3 Å². The molecule has 0 N–H and O–H groups in total. The van der Waals surface area contributed by atoms with Crippen molar-refractivity contribution in [1.82, 2.24) is 0 Å². The first-order chi connectivity index (χ1) is 9.52. The highest BCUT2D eigenvalue weighted by Crippen LogP contribution is 2.34. The Morgan fingerprint density at radius 3 is 2.35 bits per heavy atom. The van der Waals surface area contributed by atoms with Crippen LogP contribution < -0.4 is 9.47 Å². The molecule has 0 aliphatic carbocycles. The SMILES string of the molecule is COc1ccccc1Oc1cc(C)c(F)cc1C(C)=O. The van der Waals surface area contributed by atoms with Gasteiger partial charge in [0.25, 0.3) is 0 Å². The molecule has 2 aromatic rings. The molecule has 0 spiro atoms. The van der Waals surface area contributed by atoms with Gasteiger partial charge in [0, 0.05) is 0 Å². The molecular formula is C16H15FO3. The smallest absolute Gasteiger partial charge is 0.169 e. The number of para-hydroxylation sites is 2. The van der Waals surface area contributed by atoms with E-state index in [4.69, 9.17) is 9.47 Å². The summed E-state index contributed by atoms with van der Waals surface area (Å²) in [5.74, 6) is 0.657. The topological polar surface area (TPSA) is 35.5 Å². The van der Waals surface area contributed by atoms with Crippen LogP contribution in [0.5, 0.6) is 17.2 Å². The number of hydrogen-bond donors (Lipinski definition) is 0. The fourth-order valence-electron chi connectivity index (χ4n) is 1.84. The van der Waals surface area contributed by atoms with E-state index >= 15 is 0 Å². The number of carbonyl (C=O) groups is 1. The summed E-state index contributed by atoms with van der Waals surface area (Å²) >= 11 is 0. The van der Waals surface area contributed by atoms with Crippen molar-refractivity contribution in [2.75, 3.05) is 7.11 Å². The summed E-state index contributed by atoms with van der Waals surface area (Å²) in [7, 11) is 1.53. The van der Waals surface area contributed by atoms with E-state index in [9.17, 15) is 9.18 Å². The molecule has 4 heteroatoms. The van der Waals surface area contributed by atoms with E-state index in [1.807, 2.05) is 6.07 Å². The van der Waals surface area contributed by atoms with Gasteiger partial charge in [0.15, 0.2) is 17.3 Å². The maximum Gasteiger partial charge on any atom is 0.169 e. The van der Waals surface area contributed by atoms with Crippen molar-refractivity contribution in [3.05, 3.63) is 53.3 Å². The van der Waals surface area contributed by atoms with Gasteiger partial charge in [0.1, 0.15) is 11.6 Å². The molecule has 0 saturated carbocycles. The Morgan fingerprint density at radius 1 is 1.10 bits per heavy atom. The first-order valence-electron chi connectivity index (χ1n) is 6.15. The molecule has 0 aliphatic heterocycles. The lowest BCUT2D eigenvalue weighted by atomic mass is 10.1. The predicted molar refractivity (Wildman–Crippen MR) is 74.2 cm³/mol. The normalized spacial score (nSPS) is 10.2. The van der Waals surface area contributed by atoms with Gasteiger partial charge in [-0.1, -0.05) is 12.1 Å². The van der Waals surface area contributed by atoms with Crippen LogP contribution in [-0.4, -0.2) is 12.9 Å². The Labute approximate surface area is 117 Å². The van der Waals surface area contributed by atoms with Crippen LogP contribution in [0, 0.1) is 12.7 Å². The van der Waals surface area contributed by atoms with E-state index in [1.165, 1.54) is 26.2 Å². The summed E-state index contributed by atoms with van der Waals surface area (Å²) in [5, 5.41) is 0. The molecule has 0 atom stereocenters. The Bertz CT molecular complexity index is 650. The van der Waals surface area contributed by atoms with Gasteiger partial charge in [-0.25, -0.2) is 4.39 Å². The van der Waals surface area contributed by atoms with Crippen molar-refractivity contribution in [1.29, 1.82) is 0 Å². The van der Waals surface area contributed by atoms with E-state index in [0.29, 0.717) is 22.8 Å². The average Bonchev–Trinajstić information content (AvgIpc) is 2.43. The minimum absolute atomic E-state index is 0.207. The van der Waals surface area contributed by atoms with E-state index in [0.717, 1.165) is 0 Å². The van der Waals surface area contributed by atoms with Crippen LogP contribution in [0.15, 0.2) is 36.4 Å². The number of methoxy groups -OCH3 is 1. The minimum Gasteiger partial charge on any atom is -0.493 e. The number of benzene rings is 2. The minimum atomic E-state index is -0.428. The van der Waals surface area contributed by atoms with Gasteiger partial charge in [-0.05, 0) is 43.7 Å². The Hall–Kier alpha value is -2.36. The molecule has 0 unspecified atom stereocenters. The molecule has 20 heavy (non-hydrogen) atoms. The summed E-state index contributed by atoms with van der Waals surface area (Å²) in [4.78, 5) is 11.6. The fraction of sp³-hybridized carbons (Fsp3) is 0.188. The second-order valence-electron chi connectivity index (χ2n) is 4.41. The van der Waals surface area contributed by atoms with Gasteiger partial charge >= 0.3 is 0 Å². The highest BCUT2D eigenvalue weighted by molar-refractivity contribution is 5.97. The van der Waals surface area contributed by atoms with Crippen LogP contribution in [0.2, 0.25) is 0 Å². The Morgan fingerprint density at radius 2 is 1.75 bits per heavy atom. The number of ketones is 1. The quantitative estimate of drug-likeness (QED) is 0.786. The highest BCUT2D eigenvalue weighted by atomic mass is 19.1. The number of aryl methyl sites for hydroxylation is 1. The molecular weight excluding hydrogens is 259 g/mol. The molecule has 0 saturated heterocycles. The monoisotopic (exact) mass is 274 g/mol. The van der Waals surface area contributed by atoms with Gasteiger partial charge in [0.2, 0.25) is 0 Å². The third-order valence-electron chi connectivity index (χ3n) is 2.93. The fourth-order valence-corrected chi connectivity index (χ4v) is 1.84. The molecule has 0 aromatic heterocycles. The molecule has 0 fully saturated rings. The summed E-state index contributed by atoms with van der Waals surface area (Å²) < 4.78 is 24.5. The van der Waals surface area contributed by atoms with Gasteiger partial charge in [-0.15, -0.1) is 0 Å². The number of carbonyl (C=O) groups excluding carboxylic acids is 1. The molecule has 2 rings (SSSR count). The van der Waals surface area contributed by atoms with Crippen molar-refractivity contribution >= 4 is 5.78 Å². The average molecular weight is 274 g/mol. The second-order valence-corrected chi connectivity index (χ2v) is 4.41. The molecule has 0 heterocycles. The zero-order valence-electron chi connectivity index (χ0n) is 11.6. The van der Waals surface area contributed by atoms with Crippen LogP contribution in [0.25, 0.3) is 0 Å². The zero-order chi connectivity index (χ0) is 14.7. The number of hydrogen-bond acceptors (Lipinski definition) is 3. The second kappa shape index (κ2) is 5.74. The first kappa shape index (κ1) is 14.1. The lowest BCUT2D eigenvalue weighted by Crippen LogP contribution is -2.00. The van der Waals surface area contributed by atoms with Crippen molar-refractivity contribution in [2.45, 2.75) is 13.8 Å². The van der Waals surface area contributed by atoms with Crippen LogP contribution in [0.1, 0.15) is 22.8 Å². The van der Waals surface area contributed by atoms with Crippen molar-refractivity contribution < 1.29 is 18.7 Å². The highest BCUT2D eigenvalue weighted by Gasteiger charge is 2.14. The maximum absolute atomic E-state index is 13.6. The van der Waals surface area contributed by atoms with Gasteiger partial charge in [-0.2, -0.15) is 0 Å². The molecule has 0 amide bonds. The van der Waals surface area contributed by atoms with Gasteiger partial charge in [-0.3, -0.25) is 4.79 Å². The largest absolute Gasteiger partial charge is 0.493 e. The van der Waals surface area contributed by atoms with E-state index in [1.54, 1.807) is 25.1 Å². The van der Waals surface area contributed by atoms with Gasteiger partial charge in [0.05, 0.1) is 12.7 Å². The lowest BCUT2D eigenvalue weighted by Gasteiger charge is -2.13. The van der Waals surface area contributed by atoms with E-state index in [2.05, 4.69) is 0 Å². The first-order valence-corrected chi connectivity index (χ1v) is 6.15. The number of Topliss-reactive ketones (excluding diaryl/α,β-unsaturated/α-hetero) is 1.